The van der Waals surface area contributed by atoms with Crippen LogP contribution in [0.4, 0.5) is 0 Å². The maximum atomic E-state index is 13.2. The quantitative estimate of drug-likeness (QED) is 0.182. The first-order valence-electron chi connectivity index (χ1n) is 12.8. The summed E-state index contributed by atoms with van der Waals surface area (Å²) in [5.74, 6) is -0.0463. The van der Waals surface area contributed by atoms with E-state index in [1.54, 1.807) is 29.2 Å². The Bertz CT molecular complexity index is 1040. The van der Waals surface area contributed by atoms with E-state index in [1.807, 2.05) is 50.2 Å². The van der Waals surface area contributed by atoms with Crippen molar-refractivity contribution >= 4 is 17.4 Å². The molecule has 36 heavy (non-hydrogen) atoms. The molecular weight excluding hydrogens is 456 g/mol. The fraction of sp³-hybridized carbons (Fsp3) is 0.448. The minimum absolute atomic E-state index is 0.0950. The zero-order valence-corrected chi connectivity index (χ0v) is 21.8. The third kappa shape index (κ3) is 6.66. The molecular formula is C29H38N2O5. The van der Waals surface area contributed by atoms with Gasteiger partial charge in [0.05, 0.1) is 24.8 Å². The largest absolute Gasteiger partial charge is 0.507 e. The van der Waals surface area contributed by atoms with Crippen LogP contribution in [0.1, 0.15) is 56.7 Å². The van der Waals surface area contributed by atoms with E-state index in [-0.39, 0.29) is 11.3 Å². The predicted molar refractivity (Wildman–Crippen MR) is 141 cm³/mol. The zero-order valence-electron chi connectivity index (χ0n) is 21.8. The summed E-state index contributed by atoms with van der Waals surface area (Å²) < 4.78 is 11.5. The standard InChI is InChI=1S/C29H38N2O5/c1-5-7-8-20-36-24-13-9-21(10-14-24)26-25(28(33)29(34)31(26)18-17-30(3)4)27(32)22-11-15-23(16-12-22)35-19-6-2/h9-16,26,32H,5-8,17-20H2,1-4H3/b27-25+. The van der Waals surface area contributed by atoms with Crippen LogP contribution in [-0.4, -0.2) is 67.0 Å². The maximum absolute atomic E-state index is 13.2. The Morgan fingerprint density at radius 2 is 1.50 bits per heavy atom. The number of ketones is 1. The number of ether oxygens (including phenoxy) is 2. The number of aliphatic hydroxyl groups excluding tert-OH is 1. The van der Waals surface area contributed by atoms with Gasteiger partial charge in [0.25, 0.3) is 11.7 Å². The van der Waals surface area contributed by atoms with E-state index in [4.69, 9.17) is 9.47 Å². The first-order chi connectivity index (χ1) is 17.4. The minimum Gasteiger partial charge on any atom is -0.507 e. The molecule has 0 saturated carbocycles. The lowest BCUT2D eigenvalue weighted by Gasteiger charge is -2.26. The molecule has 194 valence electrons. The Balaban J connectivity index is 1.95. The number of Topliss-reactive ketones (excluding diaryl/α,β-unsaturated/α-hetero) is 1. The van der Waals surface area contributed by atoms with Gasteiger partial charge in [0, 0.05) is 18.7 Å². The first kappa shape index (κ1) is 27.3. The van der Waals surface area contributed by atoms with Crippen LogP contribution in [0.25, 0.3) is 5.76 Å². The molecule has 1 fully saturated rings. The number of likely N-dealkylation sites (tertiary alicyclic amines) is 1. The Morgan fingerprint density at radius 1 is 0.889 bits per heavy atom. The number of likely N-dealkylation sites (N-methyl/N-ethyl adjacent to an activating group) is 1. The second kappa shape index (κ2) is 13.1. The molecule has 0 aromatic heterocycles. The lowest BCUT2D eigenvalue weighted by atomic mass is 9.95. The molecule has 1 atom stereocenters. The molecule has 1 N–H and O–H groups in total. The summed E-state index contributed by atoms with van der Waals surface area (Å²) in [6.45, 7) is 6.37. The molecule has 2 aromatic carbocycles. The Kier molecular flexibility index (Phi) is 9.94. The molecule has 0 spiro atoms. The summed E-state index contributed by atoms with van der Waals surface area (Å²) in [6.07, 6.45) is 4.12. The van der Waals surface area contributed by atoms with Gasteiger partial charge in [-0.2, -0.15) is 0 Å². The van der Waals surface area contributed by atoms with Crippen molar-refractivity contribution in [3.63, 3.8) is 0 Å². The number of aliphatic hydroxyl groups is 1. The zero-order chi connectivity index (χ0) is 26.1. The molecule has 0 aliphatic carbocycles. The molecule has 7 nitrogen and oxygen atoms in total. The van der Waals surface area contributed by atoms with Crippen LogP contribution in [0.2, 0.25) is 0 Å². The predicted octanol–water partition coefficient (Wildman–Crippen LogP) is 5.03. The van der Waals surface area contributed by atoms with E-state index >= 15 is 0 Å². The maximum Gasteiger partial charge on any atom is 0.295 e. The van der Waals surface area contributed by atoms with Crippen molar-refractivity contribution in [3.8, 4) is 11.5 Å². The topological polar surface area (TPSA) is 79.3 Å². The lowest BCUT2D eigenvalue weighted by molar-refractivity contribution is -0.140. The number of carbonyl (C=O) groups is 2. The van der Waals surface area contributed by atoms with Crippen molar-refractivity contribution in [1.82, 2.24) is 9.80 Å². The van der Waals surface area contributed by atoms with Crippen LogP contribution in [0, 0.1) is 0 Å². The highest BCUT2D eigenvalue weighted by Crippen LogP contribution is 2.39. The van der Waals surface area contributed by atoms with Crippen molar-refractivity contribution in [3.05, 3.63) is 65.2 Å². The van der Waals surface area contributed by atoms with Crippen molar-refractivity contribution in [2.45, 2.75) is 45.6 Å². The molecule has 1 aliphatic rings. The average Bonchev–Trinajstić information content (AvgIpc) is 3.14. The molecule has 1 amide bonds. The van der Waals surface area contributed by atoms with Crippen molar-refractivity contribution < 1.29 is 24.2 Å². The van der Waals surface area contributed by atoms with Gasteiger partial charge in [0.1, 0.15) is 17.3 Å². The smallest absolute Gasteiger partial charge is 0.295 e. The van der Waals surface area contributed by atoms with Crippen LogP contribution in [0.5, 0.6) is 11.5 Å². The first-order valence-corrected chi connectivity index (χ1v) is 12.8. The number of nitrogens with zero attached hydrogens (tertiary/aromatic N) is 2. The highest BCUT2D eigenvalue weighted by molar-refractivity contribution is 6.46. The molecule has 1 unspecified atom stereocenters. The van der Waals surface area contributed by atoms with E-state index in [0.29, 0.717) is 37.6 Å². The number of rotatable bonds is 13. The third-order valence-corrected chi connectivity index (χ3v) is 6.14. The molecule has 3 rings (SSSR count). The Hall–Kier alpha value is -3.32. The monoisotopic (exact) mass is 494 g/mol. The second-order valence-electron chi connectivity index (χ2n) is 9.29. The fourth-order valence-corrected chi connectivity index (χ4v) is 4.14. The molecule has 0 radical (unpaired) electrons. The Labute approximate surface area is 214 Å². The second-order valence-corrected chi connectivity index (χ2v) is 9.29. The Morgan fingerprint density at radius 3 is 2.08 bits per heavy atom. The molecule has 2 aromatic rings. The highest BCUT2D eigenvalue weighted by Gasteiger charge is 2.45. The average molecular weight is 495 g/mol. The molecule has 1 aliphatic heterocycles. The van der Waals surface area contributed by atoms with E-state index in [0.717, 1.165) is 37.0 Å². The third-order valence-electron chi connectivity index (χ3n) is 6.14. The summed E-state index contributed by atoms with van der Waals surface area (Å²) in [5.41, 5.74) is 1.31. The van der Waals surface area contributed by atoms with Crippen molar-refractivity contribution in [2.24, 2.45) is 0 Å². The van der Waals surface area contributed by atoms with E-state index in [2.05, 4.69) is 6.92 Å². The number of carbonyl (C=O) groups excluding carboxylic acids is 2. The van der Waals surface area contributed by atoms with Gasteiger partial charge in [-0.05, 0) is 68.9 Å². The summed E-state index contributed by atoms with van der Waals surface area (Å²) in [5, 5.41) is 11.2. The van der Waals surface area contributed by atoms with Crippen LogP contribution >= 0.6 is 0 Å². The van der Waals surface area contributed by atoms with Crippen LogP contribution in [0.3, 0.4) is 0 Å². The van der Waals surface area contributed by atoms with Gasteiger partial charge in [0.2, 0.25) is 0 Å². The van der Waals surface area contributed by atoms with Gasteiger partial charge < -0.3 is 24.4 Å². The number of amides is 1. The van der Waals surface area contributed by atoms with Gasteiger partial charge in [-0.25, -0.2) is 0 Å². The van der Waals surface area contributed by atoms with E-state index in [1.165, 1.54) is 0 Å². The highest BCUT2D eigenvalue weighted by atomic mass is 16.5. The van der Waals surface area contributed by atoms with Gasteiger partial charge in [-0.1, -0.05) is 38.8 Å². The summed E-state index contributed by atoms with van der Waals surface area (Å²) in [7, 11) is 3.83. The van der Waals surface area contributed by atoms with Crippen LogP contribution < -0.4 is 9.47 Å². The minimum atomic E-state index is -0.685. The summed E-state index contributed by atoms with van der Waals surface area (Å²) >= 11 is 0. The molecule has 1 heterocycles. The summed E-state index contributed by atoms with van der Waals surface area (Å²) in [6, 6.07) is 13.7. The van der Waals surface area contributed by atoms with Crippen molar-refractivity contribution in [2.75, 3.05) is 40.4 Å². The van der Waals surface area contributed by atoms with Gasteiger partial charge in [-0.3, -0.25) is 9.59 Å². The van der Waals surface area contributed by atoms with Gasteiger partial charge >= 0.3 is 0 Å². The molecule has 7 heteroatoms. The van der Waals surface area contributed by atoms with Crippen LogP contribution in [-0.2, 0) is 9.59 Å². The van der Waals surface area contributed by atoms with Crippen LogP contribution in [0.15, 0.2) is 54.1 Å². The van der Waals surface area contributed by atoms with E-state index in [9.17, 15) is 14.7 Å². The van der Waals surface area contributed by atoms with E-state index < -0.39 is 17.7 Å². The fourth-order valence-electron chi connectivity index (χ4n) is 4.14. The van der Waals surface area contributed by atoms with Gasteiger partial charge in [-0.15, -0.1) is 0 Å². The van der Waals surface area contributed by atoms with Gasteiger partial charge in [0.15, 0.2) is 0 Å². The summed E-state index contributed by atoms with van der Waals surface area (Å²) in [4.78, 5) is 29.7. The lowest BCUT2D eigenvalue weighted by Crippen LogP contribution is -2.35. The number of unbranched alkanes of at least 4 members (excludes halogenated alkanes) is 2. The number of benzene rings is 2. The number of hydrogen-bond acceptors (Lipinski definition) is 6. The SMILES string of the molecule is CCCCCOc1ccc(C2/C(=C(\O)c3ccc(OCCC)cc3)C(=O)C(=O)N2CCN(C)C)cc1. The number of hydrogen-bond donors (Lipinski definition) is 1. The molecule has 1 saturated heterocycles. The van der Waals surface area contributed by atoms with Crippen molar-refractivity contribution in [1.29, 1.82) is 0 Å². The molecule has 0 bridgehead atoms. The normalized spacial score (nSPS) is 17.1.